The van der Waals surface area contributed by atoms with Crippen LogP contribution in [-0.2, 0) is 5.54 Å². The lowest BCUT2D eigenvalue weighted by Crippen LogP contribution is -2.43. The summed E-state index contributed by atoms with van der Waals surface area (Å²) in [6, 6.07) is 13.3. The highest BCUT2D eigenvalue weighted by molar-refractivity contribution is 9.10. The molecule has 0 atom stereocenters. The van der Waals surface area contributed by atoms with Crippen molar-refractivity contribution in [3.63, 3.8) is 0 Å². The number of nitrogens with one attached hydrogen (secondary N) is 2. The van der Waals surface area contributed by atoms with E-state index in [0.29, 0.717) is 0 Å². The van der Waals surface area contributed by atoms with E-state index in [1.165, 1.54) is 12.1 Å². The number of carbonyl (C=O) groups is 1. The number of anilines is 1. The van der Waals surface area contributed by atoms with E-state index in [9.17, 15) is 9.18 Å². The second-order valence-corrected chi connectivity index (χ2v) is 6.11. The second kappa shape index (κ2) is 6.26. The number of para-hydroxylation sites is 1. The van der Waals surface area contributed by atoms with Crippen LogP contribution in [0.2, 0.25) is 0 Å². The molecule has 0 unspecified atom stereocenters. The van der Waals surface area contributed by atoms with Crippen LogP contribution in [-0.4, -0.2) is 6.03 Å². The van der Waals surface area contributed by atoms with Gasteiger partial charge in [0.15, 0.2) is 0 Å². The van der Waals surface area contributed by atoms with Gasteiger partial charge in [-0.3, -0.25) is 0 Å². The first kappa shape index (κ1) is 15.5. The molecule has 0 saturated carbocycles. The molecule has 2 aromatic carbocycles. The van der Waals surface area contributed by atoms with E-state index in [1.54, 1.807) is 12.1 Å². The summed E-state index contributed by atoms with van der Waals surface area (Å²) in [5, 5.41) is 5.35. The van der Waals surface area contributed by atoms with Gasteiger partial charge in [0.1, 0.15) is 5.82 Å². The van der Waals surface area contributed by atoms with Crippen molar-refractivity contribution in [1.29, 1.82) is 0 Å². The molecule has 0 aliphatic rings. The summed E-state index contributed by atoms with van der Waals surface area (Å²) in [5.41, 5.74) is 0.534. The first-order valence-corrected chi connectivity index (χ1v) is 7.27. The predicted octanol–water partition coefficient (Wildman–Crippen LogP) is 4.65. The van der Waals surface area contributed by atoms with Gasteiger partial charge in [0.25, 0.3) is 0 Å². The zero-order valence-corrected chi connectivity index (χ0v) is 13.4. The fourth-order valence-electron chi connectivity index (χ4n) is 1.94. The molecule has 21 heavy (non-hydrogen) atoms. The average Bonchev–Trinajstić information content (AvgIpc) is 2.41. The Hall–Kier alpha value is -1.88. The topological polar surface area (TPSA) is 41.1 Å². The van der Waals surface area contributed by atoms with Crippen LogP contribution < -0.4 is 10.6 Å². The molecule has 0 bridgehead atoms. The van der Waals surface area contributed by atoms with Crippen molar-refractivity contribution in [2.45, 2.75) is 19.4 Å². The van der Waals surface area contributed by atoms with Gasteiger partial charge in [-0.1, -0.05) is 40.2 Å². The minimum atomic E-state index is -0.573. The molecule has 2 N–H and O–H groups in total. The lowest BCUT2D eigenvalue weighted by Gasteiger charge is -2.27. The number of hydrogen-bond acceptors (Lipinski definition) is 1. The van der Waals surface area contributed by atoms with Gasteiger partial charge < -0.3 is 10.6 Å². The summed E-state index contributed by atoms with van der Waals surface area (Å²) in [5.74, 6) is -0.464. The first-order chi connectivity index (χ1) is 9.88. The van der Waals surface area contributed by atoms with Gasteiger partial charge in [0, 0.05) is 4.47 Å². The van der Waals surface area contributed by atoms with E-state index in [2.05, 4.69) is 26.6 Å². The summed E-state index contributed by atoms with van der Waals surface area (Å²) in [7, 11) is 0. The largest absolute Gasteiger partial charge is 0.329 e. The van der Waals surface area contributed by atoms with Crippen LogP contribution in [0.4, 0.5) is 14.9 Å². The number of rotatable bonds is 3. The molecular formula is C16H16BrFN2O. The summed E-state index contributed by atoms with van der Waals surface area (Å²) in [4.78, 5) is 12.0. The predicted molar refractivity (Wildman–Crippen MR) is 85.7 cm³/mol. The Labute approximate surface area is 131 Å². The Morgan fingerprint density at radius 3 is 2.33 bits per heavy atom. The fraction of sp³-hybridized carbons (Fsp3) is 0.188. The Morgan fingerprint density at radius 2 is 1.71 bits per heavy atom. The summed E-state index contributed by atoms with van der Waals surface area (Å²) < 4.78 is 14.5. The molecular weight excluding hydrogens is 335 g/mol. The summed E-state index contributed by atoms with van der Waals surface area (Å²) in [6.45, 7) is 3.77. The van der Waals surface area contributed by atoms with Gasteiger partial charge in [0.2, 0.25) is 0 Å². The van der Waals surface area contributed by atoms with Gasteiger partial charge in [-0.15, -0.1) is 0 Å². The van der Waals surface area contributed by atoms with E-state index < -0.39 is 17.4 Å². The molecule has 2 aromatic rings. The van der Waals surface area contributed by atoms with Gasteiger partial charge in [-0.05, 0) is 43.7 Å². The number of carbonyl (C=O) groups excluding carboxylic acids is 1. The minimum absolute atomic E-state index is 0.154. The second-order valence-electron chi connectivity index (χ2n) is 5.19. The van der Waals surface area contributed by atoms with Gasteiger partial charge in [-0.25, -0.2) is 9.18 Å². The minimum Gasteiger partial charge on any atom is -0.329 e. The van der Waals surface area contributed by atoms with Gasteiger partial charge in [-0.2, -0.15) is 0 Å². The number of hydrogen-bond donors (Lipinski definition) is 2. The highest BCUT2D eigenvalue weighted by Gasteiger charge is 2.23. The quantitative estimate of drug-likeness (QED) is 0.831. The lowest BCUT2D eigenvalue weighted by atomic mass is 9.95. The Morgan fingerprint density at radius 1 is 1.10 bits per heavy atom. The highest BCUT2D eigenvalue weighted by Crippen LogP contribution is 2.22. The molecule has 110 valence electrons. The SMILES string of the molecule is CC(C)(NC(=O)Nc1ccccc1F)c1ccc(Br)cc1. The Balaban J connectivity index is 2.08. The van der Waals surface area contributed by atoms with E-state index >= 15 is 0 Å². The Bertz CT molecular complexity index is 641. The van der Waals surface area contributed by atoms with Crippen molar-refractivity contribution in [3.05, 3.63) is 64.4 Å². The van der Waals surface area contributed by atoms with Crippen molar-refractivity contribution in [2.75, 3.05) is 5.32 Å². The Kier molecular flexibility index (Phi) is 4.63. The average molecular weight is 351 g/mol. The van der Waals surface area contributed by atoms with Crippen LogP contribution in [0.15, 0.2) is 53.0 Å². The maximum absolute atomic E-state index is 13.5. The maximum Gasteiger partial charge on any atom is 0.320 e. The van der Waals surface area contributed by atoms with Crippen LogP contribution in [0, 0.1) is 5.82 Å². The molecule has 0 aliphatic carbocycles. The van der Waals surface area contributed by atoms with Crippen LogP contribution in [0.1, 0.15) is 19.4 Å². The smallest absolute Gasteiger partial charge is 0.320 e. The highest BCUT2D eigenvalue weighted by atomic mass is 79.9. The molecule has 0 fully saturated rings. The molecule has 2 amide bonds. The number of amides is 2. The molecule has 0 radical (unpaired) electrons. The zero-order chi connectivity index (χ0) is 15.5. The molecule has 0 heterocycles. The lowest BCUT2D eigenvalue weighted by molar-refractivity contribution is 0.241. The molecule has 3 nitrogen and oxygen atoms in total. The fourth-order valence-corrected chi connectivity index (χ4v) is 2.20. The normalized spacial score (nSPS) is 11.0. The molecule has 5 heteroatoms. The summed E-state index contributed by atoms with van der Waals surface area (Å²) in [6.07, 6.45) is 0. The third kappa shape index (κ3) is 4.04. The monoisotopic (exact) mass is 350 g/mol. The van der Waals surface area contributed by atoms with Gasteiger partial charge in [0.05, 0.1) is 11.2 Å². The van der Waals surface area contributed by atoms with Crippen LogP contribution in [0.5, 0.6) is 0 Å². The number of halogens is 2. The van der Waals surface area contributed by atoms with Crippen molar-refractivity contribution >= 4 is 27.6 Å². The van der Waals surface area contributed by atoms with Crippen molar-refractivity contribution in [1.82, 2.24) is 5.32 Å². The third-order valence-corrected chi connectivity index (χ3v) is 3.64. The van der Waals surface area contributed by atoms with E-state index in [-0.39, 0.29) is 5.69 Å². The van der Waals surface area contributed by atoms with Gasteiger partial charge >= 0.3 is 6.03 Å². The molecule has 0 spiro atoms. The van der Waals surface area contributed by atoms with E-state index in [0.717, 1.165) is 10.0 Å². The van der Waals surface area contributed by atoms with Crippen LogP contribution >= 0.6 is 15.9 Å². The molecule has 0 aromatic heterocycles. The van der Waals surface area contributed by atoms with Crippen LogP contribution in [0.25, 0.3) is 0 Å². The maximum atomic E-state index is 13.5. The molecule has 0 saturated heterocycles. The standard InChI is InChI=1S/C16H16BrFN2O/c1-16(2,11-7-9-12(17)10-8-11)20-15(21)19-14-6-4-3-5-13(14)18/h3-10H,1-2H3,(H2,19,20,21). The zero-order valence-electron chi connectivity index (χ0n) is 11.8. The van der Waals surface area contributed by atoms with Crippen LogP contribution in [0.3, 0.4) is 0 Å². The van der Waals surface area contributed by atoms with E-state index in [4.69, 9.17) is 0 Å². The number of benzene rings is 2. The third-order valence-electron chi connectivity index (χ3n) is 3.11. The summed E-state index contributed by atoms with van der Waals surface area (Å²) >= 11 is 3.37. The number of urea groups is 1. The molecule has 2 rings (SSSR count). The van der Waals surface area contributed by atoms with E-state index in [1.807, 2.05) is 38.1 Å². The van der Waals surface area contributed by atoms with Crippen molar-refractivity contribution in [3.8, 4) is 0 Å². The van der Waals surface area contributed by atoms with Crippen molar-refractivity contribution in [2.24, 2.45) is 0 Å². The molecule has 0 aliphatic heterocycles. The van der Waals surface area contributed by atoms with Crippen molar-refractivity contribution < 1.29 is 9.18 Å². The first-order valence-electron chi connectivity index (χ1n) is 6.48.